The maximum Gasteiger partial charge on any atom is 0.127 e. The van der Waals surface area contributed by atoms with Crippen molar-refractivity contribution in [2.45, 2.75) is 33.7 Å². The number of aryl methyl sites for hydroxylation is 1. The monoisotopic (exact) mass is 250 g/mol. The molecule has 0 aromatic carbocycles. The fourth-order valence-electron chi connectivity index (χ4n) is 1.81. The van der Waals surface area contributed by atoms with E-state index in [1.165, 1.54) is 4.88 Å². The largest absolute Gasteiger partial charge is 0.469 e. The van der Waals surface area contributed by atoms with Gasteiger partial charge in [0.2, 0.25) is 0 Å². The summed E-state index contributed by atoms with van der Waals surface area (Å²) in [6.07, 6.45) is 2.69. The van der Waals surface area contributed by atoms with Crippen LogP contribution in [-0.2, 0) is 13.0 Å². The van der Waals surface area contributed by atoms with Crippen molar-refractivity contribution >= 4 is 11.3 Å². The summed E-state index contributed by atoms with van der Waals surface area (Å²) in [6.45, 7) is 6.92. The Balaban J connectivity index is 2.37. The van der Waals surface area contributed by atoms with E-state index in [0.717, 1.165) is 28.4 Å². The molecular weight excluding hydrogens is 232 g/mol. The van der Waals surface area contributed by atoms with Crippen LogP contribution in [0.5, 0.6) is 0 Å². The summed E-state index contributed by atoms with van der Waals surface area (Å²) >= 11 is 1.68. The van der Waals surface area contributed by atoms with Crippen molar-refractivity contribution in [3.8, 4) is 10.6 Å². The van der Waals surface area contributed by atoms with Gasteiger partial charge in [-0.05, 0) is 25.3 Å². The van der Waals surface area contributed by atoms with Crippen molar-refractivity contribution in [1.82, 2.24) is 4.98 Å². The van der Waals surface area contributed by atoms with E-state index in [0.29, 0.717) is 12.5 Å². The van der Waals surface area contributed by atoms with Crippen molar-refractivity contribution in [2.24, 2.45) is 11.7 Å². The fraction of sp³-hybridized carbons (Fsp3) is 0.462. The van der Waals surface area contributed by atoms with E-state index in [1.54, 1.807) is 17.6 Å². The van der Waals surface area contributed by atoms with Crippen LogP contribution >= 0.6 is 11.3 Å². The molecule has 0 saturated heterocycles. The molecule has 92 valence electrons. The molecule has 0 radical (unpaired) electrons. The van der Waals surface area contributed by atoms with E-state index >= 15 is 0 Å². The maximum atomic E-state index is 5.78. The quantitative estimate of drug-likeness (QED) is 0.905. The molecule has 0 unspecified atom stereocenters. The minimum Gasteiger partial charge on any atom is -0.469 e. The standard InChI is InChI=1S/C13H18N2OS/c1-8(2)6-11-12(7-14)17-13(15-11)10-4-5-16-9(10)3/h4-5,8H,6-7,14H2,1-3H3. The maximum absolute atomic E-state index is 5.78. The van der Waals surface area contributed by atoms with Crippen LogP contribution in [0.1, 0.15) is 30.2 Å². The van der Waals surface area contributed by atoms with Gasteiger partial charge in [-0.2, -0.15) is 0 Å². The van der Waals surface area contributed by atoms with Gasteiger partial charge in [0.25, 0.3) is 0 Å². The summed E-state index contributed by atoms with van der Waals surface area (Å²) in [7, 11) is 0. The summed E-state index contributed by atoms with van der Waals surface area (Å²) < 4.78 is 5.32. The molecule has 2 aromatic heterocycles. The van der Waals surface area contributed by atoms with E-state index in [1.807, 2.05) is 13.0 Å². The zero-order chi connectivity index (χ0) is 12.4. The second-order valence-electron chi connectivity index (χ2n) is 4.58. The number of nitrogens with zero attached hydrogens (tertiary/aromatic N) is 1. The fourth-order valence-corrected chi connectivity index (χ4v) is 2.85. The molecule has 0 amide bonds. The van der Waals surface area contributed by atoms with Crippen molar-refractivity contribution < 1.29 is 4.42 Å². The molecule has 4 heteroatoms. The molecular formula is C13H18N2OS. The molecule has 0 aliphatic heterocycles. The number of furan rings is 1. The van der Waals surface area contributed by atoms with Crippen LogP contribution in [0.15, 0.2) is 16.7 Å². The second-order valence-corrected chi connectivity index (χ2v) is 5.67. The molecule has 0 bridgehead atoms. The first kappa shape index (κ1) is 12.3. The molecule has 0 spiro atoms. The molecule has 0 aliphatic carbocycles. The molecule has 3 nitrogen and oxygen atoms in total. The lowest BCUT2D eigenvalue weighted by atomic mass is 10.1. The third kappa shape index (κ3) is 2.58. The zero-order valence-electron chi connectivity index (χ0n) is 10.5. The highest BCUT2D eigenvalue weighted by molar-refractivity contribution is 7.15. The van der Waals surface area contributed by atoms with E-state index in [2.05, 4.69) is 13.8 Å². The topological polar surface area (TPSA) is 52.0 Å². The van der Waals surface area contributed by atoms with Gasteiger partial charge in [0.1, 0.15) is 10.8 Å². The Bertz CT molecular complexity index is 499. The lowest BCUT2D eigenvalue weighted by Gasteiger charge is -2.02. The minimum absolute atomic E-state index is 0.566. The van der Waals surface area contributed by atoms with Crippen LogP contribution in [0, 0.1) is 12.8 Å². The van der Waals surface area contributed by atoms with Gasteiger partial charge < -0.3 is 10.2 Å². The molecule has 2 heterocycles. The number of nitrogens with two attached hydrogens (primary N) is 1. The Morgan fingerprint density at radius 3 is 2.76 bits per heavy atom. The van der Waals surface area contributed by atoms with E-state index in [9.17, 15) is 0 Å². The first-order chi connectivity index (χ1) is 8.11. The van der Waals surface area contributed by atoms with Crippen molar-refractivity contribution in [3.05, 3.63) is 28.7 Å². The van der Waals surface area contributed by atoms with E-state index in [4.69, 9.17) is 15.1 Å². The summed E-state index contributed by atoms with van der Waals surface area (Å²) in [5, 5.41) is 1.02. The van der Waals surface area contributed by atoms with Crippen LogP contribution in [0.3, 0.4) is 0 Å². The van der Waals surface area contributed by atoms with E-state index < -0.39 is 0 Å². The summed E-state index contributed by atoms with van der Waals surface area (Å²) in [5.74, 6) is 1.51. The Morgan fingerprint density at radius 2 is 2.24 bits per heavy atom. The summed E-state index contributed by atoms with van der Waals surface area (Å²) in [4.78, 5) is 5.89. The van der Waals surface area contributed by atoms with Gasteiger partial charge in [0.15, 0.2) is 0 Å². The number of aromatic nitrogens is 1. The van der Waals surface area contributed by atoms with Crippen LogP contribution in [0.25, 0.3) is 10.6 Å². The van der Waals surface area contributed by atoms with Crippen molar-refractivity contribution in [2.75, 3.05) is 0 Å². The highest BCUT2D eigenvalue weighted by Gasteiger charge is 2.15. The van der Waals surface area contributed by atoms with Gasteiger partial charge in [-0.25, -0.2) is 4.98 Å². The zero-order valence-corrected chi connectivity index (χ0v) is 11.3. The van der Waals surface area contributed by atoms with Gasteiger partial charge in [0, 0.05) is 11.4 Å². The minimum atomic E-state index is 0.566. The SMILES string of the molecule is Cc1occc1-c1nc(CC(C)C)c(CN)s1. The van der Waals surface area contributed by atoms with Crippen LogP contribution in [0.2, 0.25) is 0 Å². The van der Waals surface area contributed by atoms with Crippen LogP contribution in [-0.4, -0.2) is 4.98 Å². The van der Waals surface area contributed by atoms with Crippen molar-refractivity contribution in [3.63, 3.8) is 0 Å². The average Bonchev–Trinajstić information content (AvgIpc) is 2.83. The lowest BCUT2D eigenvalue weighted by molar-refractivity contribution is 0.535. The molecule has 0 aliphatic rings. The first-order valence-electron chi connectivity index (χ1n) is 5.85. The van der Waals surface area contributed by atoms with Gasteiger partial charge in [-0.15, -0.1) is 11.3 Å². The molecule has 0 saturated carbocycles. The van der Waals surface area contributed by atoms with Crippen LogP contribution < -0.4 is 5.73 Å². The second kappa shape index (κ2) is 5.02. The predicted octanol–water partition coefficient (Wildman–Crippen LogP) is 3.37. The van der Waals surface area contributed by atoms with Crippen molar-refractivity contribution in [1.29, 1.82) is 0 Å². The molecule has 2 N–H and O–H groups in total. The number of thiazole rings is 1. The van der Waals surface area contributed by atoms with Crippen LogP contribution in [0.4, 0.5) is 0 Å². The third-order valence-corrected chi connectivity index (χ3v) is 3.81. The van der Waals surface area contributed by atoms with Gasteiger partial charge in [0.05, 0.1) is 17.5 Å². The number of hydrogen-bond donors (Lipinski definition) is 1. The Morgan fingerprint density at radius 1 is 1.47 bits per heavy atom. The Kier molecular flexibility index (Phi) is 3.64. The molecule has 17 heavy (non-hydrogen) atoms. The predicted molar refractivity (Wildman–Crippen MR) is 71.0 cm³/mol. The highest BCUT2D eigenvalue weighted by atomic mass is 32.1. The third-order valence-electron chi connectivity index (χ3n) is 2.65. The average molecular weight is 250 g/mol. The first-order valence-corrected chi connectivity index (χ1v) is 6.66. The van der Waals surface area contributed by atoms with Gasteiger partial charge in [-0.1, -0.05) is 13.8 Å². The molecule has 0 fully saturated rings. The summed E-state index contributed by atoms with van der Waals surface area (Å²) in [5.41, 5.74) is 8.00. The number of hydrogen-bond acceptors (Lipinski definition) is 4. The van der Waals surface area contributed by atoms with Gasteiger partial charge in [-0.3, -0.25) is 0 Å². The molecule has 2 aromatic rings. The normalized spacial score (nSPS) is 11.4. The van der Waals surface area contributed by atoms with E-state index in [-0.39, 0.29) is 0 Å². The smallest absolute Gasteiger partial charge is 0.127 e. The summed E-state index contributed by atoms with van der Waals surface area (Å²) in [6, 6.07) is 1.97. The lowest BCUT2D eigenvalue weighted by Crippen LogP contribution is -2.01. The highest BCUT2D eigenvalue weighted by Crippen LogP contribution is 2.31. The molecule has 0 atom stereocenters. The van der Waals surface area contributed by atoms with Gasteiger partial charge >= 0.3 is 0 Å². The Hall–Kier alpha value is -1.13. The Labute approximate surface area is 106 Å². The number of rotatable bonds is 4. The molecule has 2 rings (SSSR count).